The van der Waals surface area contributed by atoms with Crippen molar-refractivity contribution in [1.82, 2.24) is 20.0 Å². The number of rotatable bonds is 10. The molecule has 0 saturated carbocycles. The molecule has 11 nitrogen and oxygen atoms in total. The van der Waals surface area contributed by atoms with E-state index in [9.17, 15) is 29.5 Å². The lowest BCUT2D eigenvalue weighted by molar-refractivity contribution is -0.135. The molecule has 2 heterocycles. The normalized spacial score (nSPS) is 18.5. The fraction of sp³-hybridized carbons (Fsp3) is 0.414. The molecule has 2 saturated heterocycles. The number of ether oxygens (including phenoxy) is 1. The van der Waals surface area contributed by atoms with Crippen LogP contribution in [0.4, 0.5) is 4.79 Å². The number of hydrogen-bond acceptors (Lipinski definition) is 8. The summed E-state index contributed by atoms with van der Waals surface area (Å²) in [4.78, 5) is 54.8. The van der Waals surface area contributed by atoms with Crippen LogP contribution in [0.2, 0.25) is 0 Å². The number of carbonyl (C=O) groups excluding carboxylic acids is 3. The molecule has 0 bridgehead atoms. The molecule has 210 valence electrons. The fourth-order valence-electron chi connectivity index (χ4n) is 5.17. The summed E-state index contributed by atoms with van der Waals surface area (Å²) < 4.78 is 5.40. The Labute approximate surface area is 232 Å². The van der Waals surface area contributed by atoms with Gasteiger partial charge in [0.05, 0.1) is 43.9 Å². The lowest BCUT2D eigenvalue weighted by Crippen LogP contribution is -2.62. The van der Waals surface area contributed by atoms with E-state index in [1.807, 2.05) is 12.1 Å². The number of nitrogens with zero attached hydrogens (tertiary/aromatic N) is 4. The van der Waals surface area contributed by atoms with Crippen molar-refractivity contribution in [3.05, 3.63) is 64.7 Å². The first-order valence-corrected chi connectivity index (χ1v) is 13.3. The van der Waals surface area contributed by atoms with Gasteiger partial charge in [0.25, 0.3) is 0 Å². The van der Waals surface area contributed by atoms with Crippen molar-refractivity contribution in [2.45, 2.75) is 44.9 Å². The van der Waals surface area contributed by atoms with Gasteiger partial charge in [-0.15, -0.1) is 0 Å². The Balaban J connectivity index is 1.37. The molecule has 40 heavy (non-hydrogen) atoms. The minimum Gasteiger partial charge on any atom is -0.493 e. The Kier molecular flexibility index (Phi) is 9.14. The van der Waals surface area contributed by atoms with Gasteiger partial charge >= 0.3 is 12.0 Å². The number of amides is 3. The molecule has 0 aliphatic carbocycles. The van der Waals surface area contributed by atoms with Gasteiger partial charge in [-0.05, 0) is 43.5 Å². The first-order chi connectivity index (χ1) is 19.2. The van der Waals surface area contributed by atoms with Crippen LogP contribution in [-0.2, 0) is 11.3 Å². The molecular weight excluding hydrogens is 514 g/mol. The third-order valence-electron chi connectivity index (χ3n) is 7.44. The van der Waals surface area contributed by atoms with E-state index in [1.165, 1.54) is 25.2 Å². The molecule has 2 aromatic carbocycles. The highest BCUT2D eigenvalue weighted by Gasteiger charge is 2.41. The van der Waals surface area contributed by atoms with Crippen LogP contribution in [0.25, 0.3) is 0 Å². The van der Waals surface area contributed by atoms with Crippen LogP contribution in [0.3, 0.4) is 0 Å². The lowest BCUT2D eigenvalue weighted by atomic mass is 10.0. The predicted molar refractivity (Wildman–Crippen MR) is 145 cm³/mol. The first-order valence-electron chi connectivity index (χ1n) is 13.3. The highest BCUT2D eigenvalue weighted by Crippen LogP contribution is 2.26. The van der Waals surface area contributed by atoms with E-state index < -0.39 is 12.1 Å². The van der Waals surface area contributed by atoms with Gasteiger partial charge < -0.3 is 20.1 Å². The third kappa shape index (κ3) is 6.30. The number of carbonyl (C=O) groups is 4. The Morgan fingerprint density at radius 2 is 1.88 bits per heavy atom. The number of imide groups is 1. The Morgan fingerprint density at radius 3 is 2.55 bits per heavy atom. The van der Waals surface area contributed by atoms with Crippen molar-refractivity contribution in [3.8, 4) is 11.8 Å². The van der Waals surface area contributed by atoms with Crippen LogP contribution in [-0.4, -0.2) is 89.0 Å². The third-order valence-corrected chi connectivity index (χ3v) is 7.44. The van der Waals surface area contributed by atoms with Gasteiger partial charge in [0.15, 0.2) is 5.78 Å². The topological polar surface area (TPSA) is 143 Å². The van der Waals surface area contributed by atoms with Crippen LogP contribution in [0, 0.1) is 11.3 Å². The van der Waals surface area contributed by atoms with Gasteiger partial charge in [0.2, 0.25) is 5.91 Å². The van der Waals surface area contributed by atoms with E-state index in [4.69, 9.17) is 4.74 Å². The molecule has 4 rings (SSSR count). The summed E-state index contributed by atoms with van der Waals surface area (Å²) in [7, 11) is 1.48. The molecule has 11 heteroatoms. The number of benzene rings is 2. The van der Waals surface area contributed by atoms with Gasteiger partial charge in [-0.2, -0.15) is 5.26 Å². The smallest absolute Gasteiger partial charge is 0.339 e. The maximum Gasteiger partial charge on any atom is 0.339 e. The van der Waals surface area contributed by atoms with Gasteiger partial charge in [0.1, 0.15) is 11.3 Å². The summed E-state index contributed by atoms with van der Waals surface area (Å²) in [6.45, 7) is 3.59. The molecule has 1 atom stereocenters. The average Bonchev–Trinajstić information content (AvgIpc) is 2.96. The second-order valence-electron chi connectivity index (χ2n) is 9.88. The van der Waals surface area contributed by atoms with Crippen molar-refractivity contribution >= 4 is 23.7 Å². The molecule has 2 fully saturated rings. The van der Waals surface area contributed by atoms with Crippen LogP contribution in [0.15, 0.2) is 42.5 Å². The summed E-state index contributed by atoms with van der Waals surface area (Å²) in [6.07, 6.45) is 1.18. The van der Waals surface area contributed by atoms with Crippen molar-refractivity contribution in [2.75, 3.05) is 33.3 Å². The SMILES string of the molecule is CCOc1cc(C(=O)CNC2CCN(C3CC(=O)N(C)C(=O)N3Cc3ccccc3C#N)CC2)ccc1C(=O)O. The van der Waals surface area contributed by atoms with Crippen LogP contribution >= 0.6 is 0 Å². The van der Waals surface area contributed by atoms with Crippen molar-refractivity contribution in [1.29, 1.82) is 5.26 Å². The maximum absolute atomic E-state index is 13.1. The summed E-state index contributed by atoms with van der Waals surface area (Å²) in [5.41, 5.74) is 1.60. The number of carboxylic acid groups (broad SMARTS) is 1. The highest BCUT2D eigenvalue weighted by atomic mass is 16.5. The molecule has 0 radical (unpaired) electrons. The van der Waals surface area contributed by atoms with Crippen LogP contribution in [0.5, 0.6) is 5.75 Å². The molecule has 1 unspecified atom stereocenters. The van der Waals surface area contributed by atoms with E-state index in [2.05, 4.69) is 16.3 Å². The van der Waals surface area contributed by atoms with E-state index in [0.717, 1.165) is 10.5 Å². The number of nitriles is 1. The molecule has 2 aromatic rings. The van der Waals surface area contributed by atoms with Gasteiger partial charge in [-0.3, -0.25) is 19.4 Å². The zero-order valence-electron chi connectivity index (χ0n) is 22.6. The van der Waals surface area contributed by atoms with Gasteiger partial charge in [-0.1, -0.05) is 24.3 Å². The van der Waals surface area contributed by atoms with E-state index in [0.29, 0.717) is 37.1 Å². The average molecular weight is 548 g/mol. The van der Waals surface area contributed by atoms with Crippen molar-refractivity contribution < 1.29 is 29.0 Å². The Bertz CT molecular complexity index is 1330. The van der Waals surface area contributed by atoms with Gasteiger partial charge in [0, 0.05) is 31.7 Å². The number of aromatic carboxylic acids is 1. The van der Waals surface area contributed by atoms with E-state index >= 15 is 0 Å². The fourth-order valence-corrected chi connectivity index (χ4v) is 5.17. The molecule has 2 aliphatic heterocycles. The Hall–Kier alpha value is -4.27. The molecule has 2 aliphatic rings. The summed E-state index contributed by atoms with van der Waals surface area (Å²) in [5.74, 6) is -1.37. The number of likely N-dealkylation sites (tertiary alicyclic amines) is 1. The molecule has 3 amide bonds. The van der Waals surface area contributed by atoms with Crippen LogP contribution < -0.4 is 10.1 Å². The molecule has 2 N–H and O–H groups in total. The second kappa shape index (κ2) is 12.7. The maximum atomic E-state index is 13.1. The zero-order valence-corrected chi connectivity index (χ0v) is 22.6. The standard InChI is InChI=1S/C29H33N5O6/c1-3-40-25-14-19(8-9-23(25)28(37)38)24(35)17-31-22-10-12-33(13-11-22)26-15-27(36)32(2)29(39)34(26)18-21-7-5-4-6-20(21)16-30/h4-9,14,22,26,31H,3,10-13,15,17-18H2,1-2H3,(H,37,38). The molecule has 0 aromatic heterocycles. The first kappa shape index (κ1) is 28.7. The quantitative estimate of drug-likeness (QED) is 0.429. The predicted octanol–water partition coefficient (Wildman–Crippen LogP) is 2.70. The number of Topliss-reactive ketones (excluding diaryl/α,β-unsaturated/α-hetero) is 1. The largest absolute Gasteiger partial charge is 0.493 e. The summed E-state index contributed by atoms with van der Waals surface area (Å²) in [6, 6.07) is 13.3. The Morgan fingerprint density at radius 1 is 1.15 bits per heavy atom. The number of piperidine rings is 1. The minimum atomic E-state index is -1.12. The van der Waals surface area contributed by atoms with Crippen molar-refractivity contribution in [2.24, 2.45) is 0 Å². The summed E-state index contributed by atoms with van der Waals surface area (Å²) >= 11 is 0. The van der Waals surface area contributed by atoms with Gasteiger partial charge in [-0.25, -0.2) is 9.59 Å². The summed E-state index contributed by atoms with van der Waals surface area (Å²) in [5, 5.41) is 22.1. The highest BCUT2D eigenvalue weighted by molar-refractivity contribution is 6.00. The lowest BCUT2D eigenvalue weighted by Gasteiger charge is -2.46. The number of ketones is 1. The number of nitrogens with one attached hydrogen (secondary N) is 1. The van der Waals surface area contributed by atoms with E-state index in [1.54, 1.807) is 24.0 Å². The van der Waals surface area contributed by atoms with Crippen LogP contribution in [0.1, 0.15) is 58.0 Å². The molecular formula is C29H33N5O6. The molecule has 0 spiro atoms. The number of urea groups is 1. The minimum absolute atomic E-state index is 0.00903. The number of carboxylic acids is 1. The second-order valence-corrected chi connectivity index (χ2v) is 9.88. The zero-order chi connectivity index (χ0) is 28.8. The number of hydrogen-bond donors (Lipinski definition) is 2. The monoisotopic (exact) mass is 547 g/mol. The van der Waals surface area contributed by atoms with Crippen molar-refractivity contribution in [3.63, 3.8) is 0 Å². The van der Waals surface area contributed by atoms with E-state index in [-0.39, 0.29) is 61.2 Å².